The highest BCUT2D eigenvalue weighted by atomic mass is 32.2. The lowest BCUT2D eigenvalue weighted by Gasteiger charge is -2.18. The monoisotopic (exact) mass is 460 g/mol. The number of aryl methyl sites for hydroxylation is 1. The maximum atomic E-state index is 13.3. The molecule has 2 aromatic heterocycles. The number of anilines is 1. The molecule has 0 spiro atoms. The molecule has 0 bridgehead atoms. The van der Waals surface area contributed by atoms with Crippen LogP contribution in [-0.2, 0) is 14.3 Å². The summed E-state index contributed by atoms with van der Waals surface area (Å²) in [4.78, 5) is 33.0. The predicted molar refractivity (Wildman–Crippen MR) is 125 cm³/mol. The molecule has 0 aromatic carbocycles. The van der Waals surface area contributed by atoms with E-state index in [1.165, 1.54) is 16.2 Å². The smallest absolute Gasteiger partial charge is 0.267 e. The number of rotatable bonds is 7. The minimum Gasteiger partial charge on any atom is -0.383 e. The number of hydrogen-bond acceptors (Lipinski definition) is 8. The van der Waals surface area contributed by atoms with Crippen molar-refractivity contribution in [3.63, 3.8) is 0 Å². The standard InChI is InChI=1S/C21H24N4O4S2/c1-13-5-3-8-24-18(13)23-17(22-7-10-28-2)15(19(24)26)11-16-20(27)25(21(30)31-16)12-14-6-4-9-29-14/h3,5,8,11,14,22H,4,6-7,9-10,12H2,1-2H3/b16-11-/t14-/m1/s1. The van der Waals surface area contributed by atoms with Gasteiger partial charge in [0.1, 0.15) is 15.8 Å². The Bertz CT molecular complexity index is 1110. The molecule has 164 valence electrons. The Morgan fingerprint density at radius 3 is 3.03 bits per heavy atom. The first-order valence-electron chi connectivity index (χ1n) is 10.1. The van der Waals surface area contributed by atoms with Crippen molar-refractivity contribution < 1.29 is 14.3 Å². The van der Waals surface area contributed by atoms with Crippen LogP contribution in [0, 0.1) is 6.92 Å². The highest BCUT2D eigenvalue weighted by Crippen LogP contribution is 2.34. The molecular formula is C21H24N4O4S2. The first-order chi connectivity index (χ1) is 15.0. The number of thiocarbonyl (C=S) groups is 1. The van der Waals surface area contributed by atoms with Crippen LogP contribution in [-0.4, -0.2) is 64.0 Å². The Kier molecular flexibility index (Phi) is 6.71. The van der Waals surface area contributed by atoms with Gasteiger partial charge in [0.25, 0.3) is 11.5 Å². The maximum Gasteiger partial charge on any atom is 0.267 e. The van der Waals surface area contributed by atoms with Crippen LogP contribution < -0.4 is 10.9 Å². The van der Waals surface area contributed by atoms with Crippen molar-refractivity contribution in [2.24, 2.45) is 0 Å². The van der Waals surface area contributed by atoms with E-state index in [1.54, 1.807) is 30.3 Å². The van der Waals surface area contributed by atoms with Crippen LogP contribution in [0.1, 0.15) is 24.0 Å². The lowest BCUT2D eigenvalue weighted by Crippen LogP contribution is -2.35. The van der Waals surface area contributed by atoms with Gasteiger partial charge in [-0.1, -0.05) is 30.0 Å². The third-order valence-corrected chi connectivity index (χ3v) is 6.62. The number of amides is 1. The molecule has 2 fully saturated rings. The van der Waals surface area contributed by atoms with Gasteiger partial charge in [-0.2, -0.15) is 0 Å². The molecule has 2 saturated heterocycles. The minimum absolute atomic E-state index is 0.00376. The number of fused-ring (bicyclic) bond motifs is 1. The fourth-order valence-corrected chi connectivity index (χ4v) is 4.89. The van der Waals surface area contributed by atoms with Crippen molar-refractivity contribution in [3.8, 4) is 0 Å². The lowest BCUT2D eigenvalue weighted by atomic mass is 10.2. The summed E-state index contributed by atoms with van der Waals surface area (Å²) < 4.78 is 12.7. The van der Waals surface area contributed by atoms with E-state index < -0.39 is 0 Å². The van der Waals surface area contributed by atoms with Crippen molar-refractivity contribution in [1.29, 1.82) is 0 Å². The highest BCUT2D eigenvalue weighted by Gasteiger charge is 2.35. The molecule has 0 aliphatic carbocycles. The minimum atomic E-state index is -0.252. The van der Waals surface area contributed by atoms with Gasteiger partial charge in [0.15, 0.2) is 0 Å². The Hall–Kier alpha value is -2.27. The van der Waals surface area contributed by atoms with E-state index in [-0.39, 0.29) is 17.6 Å². The van der Waals surface area contributed by atoms with E-state index in [4.69, 9.17) is 21.7 Å². The van der Waals surface area contributed by atoms with E-state index in [1.807, 2.05) is 13.0 Å². The molecule has 2 aliphatic heterocycles. The van der Waals surface area contributed by atoms with Gasteiger partial charge in [-0.15, -0.1) is 0 Å². The van der Waals surface area contributed by atoms with Crippen LogP contribution in [0.5, 0.6) is 0 Å². The van der Waals surface area contributed by atoms with Crippen LogP contribution in [0.15, 0.2) is 28.0 Å². The van der Waals surface area contributed by atoms with Crippen LogP contribution in [0.2, 0.25) is 0 Å². The molecule has 4 rings (SSSR count). The van der Waals surface area contributed by atoms with Gasteiger partial charge >= 0.3 is 0 Å². The molecule has 31 heavy (non-hydrogen) atoms. The number of ether oxygens (including phenoxy) is 2. The fourth-order valence-electron chi connectivity index (χ4n) is 3.63. The van der Waals surface area contributed by atoms with Crippen molar-refractivity contribution in [3.05, 3.63) is 44.7 Å². The fraction of sp³-hybridized carbons (Fsp3) is 0.429. The number of carbonyl (C=O) groups excluding carboxylic acids is 1. The summed E-state index contributed by atoms with van der Waals surface area (Å²) >= 11 is 6.63. The summed E-state index contributed by atoms with van der Waals surface area (Å²) in [5, 5.41) is 3.16. The first-order valence-corrected chi connectivity index (χ1v) is 11.3. The maximum absolute atomic E-state index is 13.3. The number of aromatic nitrogens is 2. The molecule has 4 heterocycles. The topological polar surface area (TPSA) is 85.2 Å². The van der Waals surface area contributed by atoms with Crippen molar-refractivity contribution in [2.45, 2.75) is 25.9 Å². The number of nitrogens with one attached hydrogen (secondary N) is 1. The number of nitrogens with zero attached hydrogens (tertiary/aromatic N) is 3. The first kappa shape index (κ1) is 21.9. The van der Waals surface area contributed by atoms with Crippen LogP contribution in [0.25, 0.3) is 11.7 Å². The molecule has 1 amide bonds. The molecule has 0 unspecified atom stereocenters. The SMILES string of the molecule is COCCNc1nc2c(C)cccn2c(=O)c1/C=C1\SC(=S)N(C[C@H]2CCCO2)C1=O. The summed E-state index contributed by atoms with van der Waals surface area (Å²) in [6.07, 6.45) is 5.18. The highest BCUT2D eigenvalue weighted by molar-refractivity contribution is 8.26. The Morgan fingerprint density at radius 2 is 2.29 bits per heavy atom. The van der Waals surface area contributed by atoms with Gasteiger partial charge in [-0.3, -0.25) is 18.9 Å². The van der Waals surface area contributed by atoms with Gasteiger partial charge in [-0.25, -0.2) is 4.98 Å². The van der Waals surface area contributed by atoms with Gasteiger partial charge in [0.2, 0.25) is 0 Å². The van der Waals surface area contributed by atoms with Crippen LogP contribution in [0.3, 0.4) is 0 Å². The third-order valence-electron chi connectivity index (χ3n) is 5.24. The largest absolute Gasteiger partial charge is 0.383 e. The molecule has 1 atom stereocenters. The van der Waals surface area contributed by atoms with Gasteiger partial charge in [0, 0.05) is 26.5 Å². The Morgan fingerprint density at radius 1 is 1.45 bits per heavy atom. The van der Waals surface area contributed by atoms with Crippen molar-refractivity contribution in [2.75, 3.05) is 38.7 Å². The zero-order chi connectivity index (χ0) is 22.0. The average molecular weight is 461 g/mol. The summed E-state index contributed by atoms with van der Waals surface area (Å²) in [6.45, 7) is 3.99. The zero-order valence-electron chi connectivity index (χ0n) is 17.4. The van der Waals surface area contributed by atoms with Gasteiger partial charge in [-0.05, 0) is 37.5 Å². The second kappa shape index (κ2) is 9.47. The average Bonchev–Trinajstić information content (AvgIpc) is 3.35. The van der Waals surface area contributed by atoms with Crippen molar-refractivity contribution >= 4 is 51.7 Å². The number of thioether (sulfide) groups is 1. The number of hydrogen-bond donors (Lipinski definition) is 1. The normalized spacial score (nSPS) is 20.4. The Labute approximate surface area is 189 Å². The second-order valence-electron chi connectivity index (χ2n) is 7.41. The summed E-state index contributed by atoms with van der Waals surface area (Å²) in [7, 11) is 1.61. The van der Waals surface area contributed by atoms with E-state index in [2.05, 4.69) is 10.3 Å². The lowest BCUT2D eigenvalue weighted by molar-refractivity contribution is -0.123. The molecule has 0 radical (unpaired) electrons. The number of pyridine rings is 1. The quantitative estimate of drug-likeness (QED) is 0.383. The van der Waals surface area contributed by atoms with Gasteiger partial charge < -0.3 is 14.8 Å². The molecule has 8 nitrogen and oxygen atoms in total. The molecule has 0 saturated carbocycles. The van der Waals surface area contributed by atoms with E-state index in [0.29, 0.717) is 52.6 Å². The summed E-state index contributed by atoms with van der Waals surface area (Å²) in [6, 6.07) is 3.70. The second-order valence-corrected chi connectivity index (χ2v) is 9.09. The van der Waals surface area contributed by atoms with Crippen LogP contribution >= 0.6 is 24.0 Å². The van der Waals surface area contributed by atoms with Crippen LogP contribution in [0.4, 0.5) is 5.82 Å². The van der Waals surface area contributed by atoms with Crippen molar-refractivity contribution in [1.82, 2.24) is 14.3 Å². The zero-order valence-corrected chi connectivity index (χ0v) is 19.1. The predicted octanol–water partition coefficient (Wildman–Crippen LogP) is 2.44. The molecular weight excluding hydrogens is 436 g/mol. The van der Waals surface area contributed by atoms with E-state index in [9.17, 15) is 9.59 Å². The summed E-state index contributed by atoms with van der Waals surface area (Å²) in [5.74, 6) is 0.211. The number of methoxy groups -OCH3 is 1. The summed E-state index contributed by atoms with van der Waals surface area (Å²) in [5.41, 5.74) is 1.51. The van der Waals surface area contributed by atoms with E-state index >= 15 is 0 Å². The third kappa shape index (κ3) is 4.52. The Balaban J connectivity index is 1.72. The molecule has 2 aliphatic rings. The molecule has 1 N–H and O–H groups in total. The van der Waals surface area contributed by atoms with E-state index in [0.717, 1.165) is 18.4 Å². The molecule has 10 heteroatoms. The molecule has 2 aromatic rings. The van der Waals surface area contributed by atoms with Gasteiger partial charge in [0.05, 0.1) is 29.7 Å². The number of carbonyl (C=O) groups is 1.